The molecule has 0 unspecified atom stereocenters. The summed E-state index contributed by atoms with van der Waals surface area (Å²) in [6, 6.07) is 12.0. The molecule has 0 heterocycles. The Hall–Kier alpha value is -3.55. The van der Waals surface area contributed by atoms with Gasteiger partial charge in [0.2, 0.25) is 0 Å². The second kappa shape index (κ2) is 12.2. The van der Waals surface area contributed by atoms with Gasteiger partial charge in [-0.15, -0.1) is 0 Å². The fourth-order valence-corrected chi connectivity index (χ4v) is 2.79. The Labute approximate surface area is 182 Å². The van der Waals surface area contributed by atoms with Crippen molar-refractivity contribution < 1.29 is 23.8 Å². The molecule has 0 saturated heterocycles. The van der Waals surface area contributed by atoms with Crippen molar-refractivity contribution in [2.75, 3.05) is 33.4 Å². The zero-order valence-electron chi connectivity index (χ0n) is 18.4. The molecule has 8 heteroatoms. The molecule has 0 atom stereocenters. The minimum Gasteiger partial charge on any atom is -0.497 e. The maximum absolute atomic E-state index is 12.2. The largest absolute Gasteiger partial charge is 0.497 e. The van der Waals surface area contributed by atoms with Gasteiger partial charge in [-0.05, 0) is 62.7 Å². The molecule has 31 heavy (non-hydrogen) atoms. The number of amides is 2. The van der Waals surface area contributed by atoms with Crippen LogP contribution in [-0.2, 0) is 4.79 Å². The highest BCUT2D eigenvalue weighted by molar-refractivity contribution is 5.95. The molecule has 2 rings (SSSR count). The topological polar surface area (TPSA) is 89.5 Å². The van der Waals surface area contributed by atoms with Crippen LogP contribution in [0.25, 0.3) is 0 Å². The van der Waals surface area contributed by atoms with E-state index in [2.05, 4.69) is 10.5 Å². The number of rotatable bonds is 11. The second-order valence-electron chi connectivity index (χ2n) is 6.42. The van der Waals surface area contributed by atoms with E-state index < -0.39 is 0 Å². The van der Waals surface area contributed by atoms with Crippen molar-refractivity contribution in [2.45, 2.75) is 20.8 Å². The molecule has 8 nitrogen and oxygen atoms in total. The summed E-state index contributed by atoms with van der Waals surface area (Å²) in [6.45, 7) is 7.35. The highest BCUT2D eigenvalue weighted by Gasteiger charge is 2.13. The molecular weight excluding hydrogens is 398 g/mol. The lowest BCUT2D eigenvalue weighted by molar-refractivity contribution is -0.133. The fraction of sp³-hybridized carbons (Fsp3) is 0.348. The van der Waals surface area contributed by atoms with Gasteiger partial charge in [-0.25, -0.2) is 5.43 Å². The number of methoxy groups -OCH3 is 1. The first-order chi connectivity index (χ1) is 15.0. The Morgan fingerprint density at radius 2 is 1.81 bits per heavy atom. The van der Waals surface area contributed by atoms with Crippen LogP contribution >= 0.6 is 0 Å². The summed E-state index contributed by atoms with van der Waals surface area (Å²) < 4.78 is 16.4. The van der Waals surface area contributed by atoms with Crippen LogP contribution in [0.15, 0.2) is 47.6 Å². The summed E-state index contributed by atoms with van der Waals surface area (Å²) in [5.74, 6) is 1.12. The van der Waals surface area contributed by atoms with Crippen molar-refractivity contribution in [3.05, 3.63) is 53.6 Å². The van der Waals surface area contributed by atoms with E-state index in [1.54, 1.807) is 47.4 Å². The van der Waals surface area contributed by atoms with E-state index in [9.17, 15) is 9.59 Å². The molecule has 2 amide bonds. The van der Waals surface area contributed by atoms with Gasteiger partial charge in [0.25, 0.3) is 11.8 Å². The van der Waals surface area contributed by atoms with E-state index in [4.69, 9.17) is 14.2 Å². The number of likely N-dealkylation sites (N-methyl/N-ethyl adjacent to an activating group) is 1. The van der Waals surface area contributed by atoms with Crippen LogP contribution in [0.5, 0.6) is 17.2 Å². The third-order valence-corrected chi connectivity index (χ3v) is 4.45. The summed E-state index contributed by atoms with van der Waals surface area (Å²) in [7, 11) is 1.54. The highest BCUT2D eigenvalue weighted by atomic mass is 16.5. The molecule has 2 aromatic carbocycles. The minimum atomic E-state index is -0.352. The van der Waals surface area contributed by atoms with Crippen LogP contribution in [0, 0.1) is 0 Å². The Balaban J connectivity index is 2.04. The number of carbonyl (C=O) groups excluding carboxylic acids is 2. The van der Waals surface area contributed by atoms with Crippen LogP contribution in [0.2, 0.25) is 0 Å². The molecule has 0 bridgehead atoms. The quantitative estimate of drug-likeness (QED) is 0.440. The maximum atomic E-state index is 12.2. The predicted molar refractivity (Wildman–Crippen MR) is 119 cm³/mol. The second-order valence-corrected chi connectivity index (χ2v) is 6.42. The lowest BCUT2D eigenvalue weighted by Crippen LogP contribution is -2.34. The van der Waals surface area contributed by atoms with Crippen molar-refractivity contribution in [1.82, 2.24) is 10.3 Å². The molecule has 2 aromatic rings. The normalized spacial score (nSPS) is 10.6. The van der Waals surface area contributed by atoms with Gasteiger partial charge in [0.15, 0.2) is 18.1 Å². The van der Waals surface area contributed by atoms with E-state index in [1.807, 2.05) is 20.8 Å². The summed E-state index contributed by atoms with van der Waals surface area (Å²) >= 11 is 0. The van der Waals surface area contributed by atoms with E-state index in [-0.39, 0.29) is 18.4 Å². The van der Waals surface area contributed by atoms with Gasteiger partial charge < -0.3 is 19.1 Å². The van der Waals surface area contributed by atoms with Gasteiger partial charge in [0.1, 0.15) is 5.75 Å². The van der Waals surface area contributed by atoms with Gasteiger partial charge >= 0.3 is 0 Å². The molecule has 166 valence electrons. The van der Waals surface area contributed by atoms with Crippen molar-refractivity contribution in [3.8, 4) is 17.2 Å². The smallest absolute Gasteiger partial charge is 0.271 e. The Morgan fingerprint density at radius 1 is 1.03 bits per heavy atom. The maximum Gasteiger partial charge on any atom is 0.271 e. The van der Waals surface area contributed by atoms with Gasteiger partial charge in [-0.3, -0.25) is 9.59 Å². The number of carbonyl (C=O) groups is 2. The molecule has 0 saturated carbocycles. The number of hydrazone groups is 1. The standard InChI is InChI=1S/C23H29N3O5/c1-5-26(6-2)22(27)16-31-20-12-11-17(13-21(20)30-7-3)15-24-25-23(28)18-9-8-10-19(14-18)29-4/h8-15H,5-7,16H2,1-4H3,(H,25,28)/b24-15+. The first kappa shape index (κ1) is 23.7. The molecular formula is C23H29N3O5. The lowest BCUT2D eigenvalue weighted by atomic mass is 10.2. The third-order valence-electron chi connectivity index (χ3n) is 4.45. The zero-order valence-corrected chi connectivity index (χ0v) is 18.4. The van der Waals surface area contributed by atoms with E-state index >= 15 is 0 Å². The van der Waals surface area contributed by atoms with Gasteiger partial charge in [0.05, 0.1) is 19.9 Å². The van der Waals surface area contributed by atoms with Crippen molar-refractivity contribution in [1.29, 1.82) is 0 Å². The third kappa shape index (κ3) is 7.02. The van der Waals surface area contributed by atoms with Crippen LogP contribution in [0.4, 0.5) is 0 Å². The summed E-state index contributed by atoms with van der Waals surface area (Å²) in [5.41, 5.74) is 3.63. The number of nitrogens with one attached hydrogen (secondary N) is 1. The monoisotopic (exact) mass is 427 g/mol. The Morgan fingerprint density at radius 3 is 2.48 bits per heavy atom. The average molecular weight is 428 g/mol. The van der Waals surface area contributed by atoms with Crippen LogP contribution in [0.3, 0.4) is 0 Å². The predicted octanol–water partition coefficient (Wildman–Crippen LogP) is 3.11. The van der Waals surface area contributed by atoms with E-state index in [1.165, 1.54) is 13.3 Å². The van der Waals surface area contributed by atoms with Crippen LogP contribution in [-0.4, -0.2) is 56.3 Å². The number of benzene rings is 2. The van der Waals surface area contributed by atoms with Crippen molar-refractivity contribution >= 4 is 18.0 Å². The number of hydrogen-bond donors (Lipinski definition) is 1. The number of hydrogen-bond acceptors (Lipinski definition) is 6. The van der Waals surface area contributed by atoms with Crippen molar-refractivity contribution in [2.24, 2.45) is 5.10 Å². The van der Waals surface area contributed by atoms with E-state index in [0.29, 0.717) is 48.1 Å². The SMILES string of the molecule is CCOc1cc(/C=N/NC(=O)c2cccc(OC)c2)ccc1OCC(=O)N(CC)CC. The van der Waals surface area contributed by atoms with Gasteiger partial charge in [-0.1, -0.05) is 6.07 Å². The van der Waals surface area contributed by atoms with Crippen LogP contribution < -0.4 is 19.6 Å². The molecule has 0 aliphatic heterocycles. The summed E-state index contributed by atoms with van der Waals surface area (Å²) in [6.07, 6.45) is 1.51. The zero-order chi connectivity index (χ0) is 22.6. The Bertz CT molecular complexity index is 910. The molecule has 0 aliphatic rings. The lowest BCUT2D eigenvalue weighted by Gasteiger charge is -2.19. The summed E-state index contributed by atoms with van der Waals surface area (Å²) in [4.78, 5) is 26.1. The Kier molecular flexibility index (Phi) is 9.35. The first-order valence-electron chi connectivity index (χ1n) is 10.2. The molecule has 1 N–H and O–H groups in total. The molecule has 0 radical (unpaired) electrons. The van der Waals surface area contributed by atoms with Crippen LogP contribution in [0.1, 0.15) is 36.7 Å². The molecule has 0 aliphatic carbocycles. The average Bonchev–Trinajstić information content (AvgIpc) is 2.79. The van der Waals surface area contributed by atoms with Gasteiger partial charge in [-0.2, -0.15) is 5.10 Å². The van der Waals surface area contributed by atoms with Gasteiger partial charge in [0, 0.05) is 18.7 Å². The fourth-order valence-electron chi connectivity index (χ4n) is 2.79. The van der Waals surface area contributed by atoms with E-state index in [0.717, 1.165) is 0 Å². The molecule has 0 fully saturated rings. The highest BCUT2D eigenvalue weighted by Crippen LogP contribution is 2.28. The molecule has 0 aromatic heterocycles. The summed E-state index contributed by atoms with van der Waals surface area (Å²) in [5, 5.41) is 4.00. The number of nitrogens with zero attached hydrogens (tertiary/aromatic N) is 2. The van der Waals surface area contributed by atoms with Crippen molar-refractivity contribution in [3.63, 3.8) is 0 Å². The molecule has 0 spiro atoms. The first-order valence-corrected chi connectivity index (χ1v) is 10.2. The number of ether oxygens (including phenoxy) is 3. The minimum absolute atomic E-state index is 0.0637.